The Labute approximate surface area is 78.7 Å². The van der Waals surface area contributed by atoms with E-state index in [4.69, 9.17) is 9.47 Å². The Morgan fingerprint density at radius 2 is 2.38 bits per heavy atom. The first-order chi connectivity index (χ1) is 6.08. The summed E-state index contributed by atoms with van der Waals surface area (Å²) in [4.78, 5) is 11.7. The highest BCUT2D eigenvalue weighted by Gasteiger charge is 2.32. The number of hydrogen-bond donors (Lipinski definition) is 0. The maximum atomic E-state index is 11.7. The third kappa shape index (κ3) is 2.31. The van der Waals surface area contributed by atoms with Crippen LogP contribution in [0.1, 0.15) is 27.2 Å². The summed E-state index contributed by atoms with van der Waals surface area (Å²) in [5.41, 5.74) is -0.759. The van der Waals surface area contributed by atoms with E-state index in [9.17, 15) is 4.79 Å². The molecule has 1 aliphatic rings. The number of carbonyl (C=O) groups is 1. The first kappa shape index (κ1) is 10.3. The maximum absolute atomic E-state index is 11.7. The van der Waals surface area contributed by atoms with Crippen LogP contribution in [-0.4, -0.2) is 24.6 Å². The minimum absolute atomic E-state index is 0.0631. The predicted molar refractivity (Wildman–Crippen MR) is 49.4 cm³/mol. The topological polar surface area (TPSA) is 35.5 Å². The molecule has 1 aliphatic heterocycles. The molecule has 0 saturated carbocycles. The van der Waals surface area contributed by atoms with E-state index in [1.807, 2.05) is 13.0 Å². The number of ether oxygens (including phenoxy) is 2. The molecule has 0 aromatic rings. The van der Waals surface area contributed by atoms with Crippen LogP contribution in [0.3, 0.4) is 0 Å². The molecule has 0 aromatic heterocycles. The minimum atomic E-state index is -0.759. The van der Waals surface area contributed by atoms with E-state index in [1.165, 1.54) is 0 Å². The van der Waals surface area contributed by atoms with Gasteiger partial charge in [-0.1, -0.05) is 0 Å². The third-order valence-corrected chi connectivity index (χ3v) is 1.98. The molecule has 0 saturated heterocycles. The van der Waals surface area contributed by atoms with Crippen LogP contribution < -0.4 is 0 Å². The van der Waals surface area contributed by atoms with Crippen molar-refractivity contribution in [1.29, 1.82) is 0 Å². The molecule has 0 amide bonds. The molecule has 0 fully saturated rings. The normalized spacial score (nSPS) is 16.7. The standard InChI is InChI=1S/C10H16O3/c1-4-13-10(2,3)9(11)8-6-5-7-12-8/h6H,4-5,7H2,1-3H3. The highest BCUT2D eigenvalue weighted by molar-refractivity contribution is 5.99. The van der Waals surface area contributed by atoms with E-state index in [0.717, 1.165) is 6.42 Å². The zero-order valence-corrected chi connectivity index (χ0v) is 8.42. The second kappa shape index (κ2) is 3.92. The molecule has 3 heteroatoms. The van der Waals surface area contributed by atoms with Crippen molar-refractivity contribution in [2.45, 2.75) is 32.8 Å². The van der Waals surface area contributed by atoms with Crippen LogP contribution in [0.25, 0.3) is 0 Å². The zero-order valence-electron chi connectivity index (χ0n) is 8.42. The number of rotatable bonds is 4. The molecule has 0 aromatic carbocycles. The summed E-state index contributed by atoms with van der Waals surface area (Å²) in [5, 5.41) is 0. The van der Waals surface area contributed by atoms with Gasteiger partial charge < -0.3 is 9.47 Å². The maximum Gasteiger partial charge on any atom is 0.228 e. The number of Topliss-reactive ketones (excluding diaryl/α,β-unsaturated/α-hetero) is 1. The molecular formula is C10H16O3. The average molecular weight is 184 g/mol. The van der Waals surface area contributed by atoms with Crippen LogP contribution in [0.5, 0.6) is 0 Å². The molecule has 1 rings (SSSR count). The number of carbonyl (C=O) groups excluding carboxylic acids is 1. The zero-order chi connectivity index (χ0) is 9.90. The fourth-order valence-corrected chi connectivity index (χ4v) is 1.30. The highest BCUT2D eigenvalue weighted by Crippen LogP contribution is 2.20. The Kier molecular flexibility index (Phi) is 3.09. The molecule has 1 heterocycles. The Bertz CT molecular complexity index is 228. The Morgan fingerprint density at radius 3 is 2.85 bits per heavy atom. The molecule has 0 bridgehead atoms. The van der Waals surface area contributed by atoms with Crippen molar-refractivity contribution in [3.05, 3.63) is 11.8 Å². The summed E-state index contributed by atoms with van der Waals surface area (Å²) in [6, 6.07) is 0. The Balaban J connectivity index is 2.65. The first-order valence-electron chi connectivity index (χ1n) is 4.59. The van der Waals surface area contributed by atoms with Gasteiger partial charge in [0.2, 0.25) is 5.78 Å². The Hall–Kier alpha value is -0.830. The van der Waals surface area contributed by atoms with Crippen LogP contribution in [0.4, 0.5) is 0 Å². The van der Waals surface area contributed by atoms with E-state index < -0.39 is 5.60 Å². The monoisotopic (exact) mass is 184 g/mol. The second-order valence-corrected chi connectivity index (χ2v) is 3.48. The third-order valence-electron chi connectivity index (χ3n) is 1.98. The lowest BCUT2D eigenvalue weighted by Crippen LogP contribution is -2.36. The van der Waals surface area contributed by atoms with Crippen molar-refractivity contribution in [3.63, 3.8) is 0 Å². The van der Waals surface area contributed by atoms with Crippen molar-refractivity contribution in [3.8, 4) is 0 Å². The lowest BCUT2D eigenvalue weighted by Gasteiger charge is -2.22. The summed E-state index contributed by atoms with van der Waals surface area (Å²) >= 11 is 0. The molecule has 3 nitrogen and oxygen atoms in total. The van der Waals surface area contributed by atoms with Gasteiger partial charge in [-0.15, -0.1) is 0 Å². The molecule has 0 spiro atoms. The smallest absolute Gasteiger partial charge is 0.228 e. The van der Waals surface area contributed by atoms with Gasteiger partial charge in [-0.25, -0.2) is 0 Å². The van der Waals surface area contributed by atoms with Crippen LogP contribution in [-0.2, 0) is 14.3 Å². The predicted octanol–water partition coefficient (Wildman–Crippen LogP) is 1.67. The van der Waals surface area contributed by atoms with Crippen molar-refractivity contribution >= 4 is 5.78 Å². The average Bonchev–Trinajstić information content (AvgIpc) is 2.54. The molecule has 0 aliphatic carbocycles. The summed E-state index contributed by atoms with van der Waals surface area (Å²) in [6.45, 7) is 6.55. The molecule has 13 heavy (non-hydrogen) atoms. The highest BCUT2D eigenvalue weighted by atomic mass is 16.5. The quantitative estimate of drug-likeness (QED) is 0.666. The van der Waals surface area contributed by atoms with E-state index in [-0.39, 0.29) is 5.78 Å². The van der Waals surface area contributed by atoms with E-state index in [0.29, 0.717) is 19.0 Å². The van der Waals surface area contributed by atoms with Crippen LogP contribution in [0, 0.1) is 0 Å². The van der Waals surface area contributed by atoms with Crippen LogP contribution >= 0.6 is 0 Å². The van der Waals surface area contributed by atoms with Gasteiger partial charge in [0.15, 0.2) is 5.76 Å². The SMILES string of the molecule is CCOC(C)(C)C(=O)C1=CCCO1. The fraction of sp³-hybridized carbons (Fsp3) is 0.700. The van der Waals surface area contributed by atoms with Crippen molar-refractivity contribution in [2.24, 2.45) is 0 Å². The van der Waals surface area contributed by atoms with Gasteiger partial charge in [-0.2, -0.15) is 0 Å². The van der Waals surface area contributed by atoms with Crippen LogP contribution in [0.2, 0.25) is 0 Å². The van der Waals surface area contributed by atoms with Gasteiger partial charge in [-0.05, 0) is 26.8 Å². The summed E-state index contributed by atoms with van der Waals surface area (Å²) in [7, 11) is 0. The molecule has 0 N–H and O–H groups in total. The molecular weight excluding hydrogens is 168 g/mol. The van der Waals surface area contributed by atoms with Crippen molar-refractivity contribution in [2.75, 3.05) is 13.2 Å². The summed E-state index contributed by atoms with van der Waals surface area (Å²) < 4.78 is 10.5. The van der Waals surface area contributed by atoms with Crippen molar-refractivity contribution < 1.29 is 14.3 Å². The Morgan fingerprint density at radius 1 is 1.69 bits per heavy atom. The van der Waals surface area contributed by atoms with E-state index in [2.05, 4.69) is 0 Å². The minimum Gasteiger partial charge on any atom is -0.490 e. The lowest BCUT2D eigenvalue weighted by atomic mass is 10.0. The molecule has 0 radical (unpaired) electrons. The van der Waals surface area contributed by atoms with Gasteiger partial charge in [0.25, 0.3) is 0 Å². The molecule has 0 atom stereocenters. The van der Waals surface area contributed by atoms with Crippen LogP contribution in [0.15, 0.2) is 11.8 Å². The first-order valence-corrected chi connectivity index (χ1v) is 4.59. The van der Waals surface area contributed by atoms with Gasteiger partial charge in [0.1, 0.15) is 5.60 Å². The number of hydrogen-bond acceptors (Lipinski definition) is 3. The van der Waals surface area contributed by atoms with Gasteiger partial charge in [-0.3, -0.25) is 4.79 Å². The second-order valence-electron chi connectivity index (χ2n) is 3.48. The lowest BCUT2D eigenvalue weighted by molar-refractivity contribution is -0.138. The van der Waals surface area contributed by atoms with Gasteiger partial charge >= 0.3 is 0 Å². The number of ketones is 1. The van der Waals surface area contributed by atoms with Crippen molar-refractivity contribution in [1.82, 2.24) is 0 Å². The van der Waals surface area contributed by atoms with E-state index in [1.54, 1.807) is 13.8 Å². The van der Waals surface area contributed by atoms with E-state index >= 15 is 0 Å². The summed E-state index contributed by atoms with van der Waals surface area (Å²) in [5.74, 6) is 0.394. The largest absolute Gasteiger partial charge is 0.490 e. The van der Waals surface area contributed by atoms with Gasteiger partial charge in [0, 0.05) is 13.0 Å². The van der Waals surface area contributed by atoms with Gasteiger partial charge in [0.05, 0.1) is 6.61 Å². The molecule has 74 valence electrons. The molecule has 0 unspecified atom stereocenters. The summed E-state index contributed by atoms with van der Waals surface area (Å²) in [6.07, 6.45) is 2.65. The fourth-order valence-electron chi connectivity index (χ4n) is 1.30.